The minimum Gasteiger partial charge on any atom is -0.478 e. The number of unbranched alkanes of at least 4 members (excludes halogenated alkanes) is 16. The summed E-state index contributed by atoms with van der Waals surface area (Å²) in [5.74, 6) is 0.861. The number of aromatic nitrogens is 1. The molecule has 0 N–H and O–H groups in total. The molecule has 3 heterocycles. The number of amides is 1. The van der Waals surface area contributed by atoms with Crippen molar-refractivity contribution in [3.63, 3.8) is 0 Å². The molecule has 0 bridgehead atoms. The van der Waals surface area contributed by atoms with E-state index >= 15 is 0 Å². The maximum atomic E-state index is 12.8. The van der Waals surface area contributed by atoms with E-state index < -0.39 is 6.16 Å². The highest BCUT2D eigenvalue weighted by molar-refractivity contribution is 5.95. The van der Waals surface area contributed by atoms with Crippen LogP contribution in [-0.4, -0.2) is 74.6 Å². The predicted molar refractivity (Wildman–Crippen MR) is 224 cm³/mol. The van der Waals surface area contributed by atoms with Crippen LogP contribution in [-0.2, 0) is 20.7 Å². The average molecular weight is 757 g/mol. The minimum atomic E-state index is -0.747. The third kappa shape index (κ3) is 14.6. The number of hydrogen-bond acceptors (Lipinski definition) is 8. The van der Waals surface area contributed by atoms with Crippen LogP contribution in [0.2, 0.25) is 0 Å². The second-order valence-electron chi connectivity index (χ2n) is 15.5. The number of carbonyl (C=O) groups excluding carboxylic acids is 2. The van der Waals surface area contributed by atoms with Crippen LogP contribution < -0.4 is 14.5 Å². The Labute approximate surface area is 331 Å². The maximum absolute atomic E-state index is 12.8. The molecule has 2 aromatic carbocycles. The summed E-state index contributed by atoms with van der Waals surface area (Å²) >= 11 is 0. The molecule has 1 fully saturated rings. The molecule has 2 aliphatic heterocycles. The lowest BCUT2D eigenvalue weighted by molar-refractivity contribution is -0.119. The second-order valence-corrected chi connectivity index (χ2v) is 15.5. The number of ether oxygens (including phenoxy) is 3. The SMILES string of the molecule is CCCCCCCCCCCCCCCCCCOC(=O)OCN1C(=O)CCc2ccc(OCCCCN3CCN(c4cccc5ccccc45)CC3)nc21. The summed E-state index contributed by atoms with van der Waals surface area (Å²) in [5.41, 5.74) is 2.27. The highest BCUT2D eigenvalue weighted by atomic mass is 16.7. The molecule has 5 rings (SSSR count). The minimum absolute atomic E-state index is 0.122. The van der Waals surface area contributed by atoms with E-state index in [-0.39, 0.29) is 12.6 Å². The van der Waals surface area contributed by atoms with E-state index in [4.69, 9.17) is 14.2 Å². The Morgan fingerprint density at radius 2 is 1.29 bits per heavy atom. The fourth-order valence-electron chi connectivity index (χ4n) is 7.87. The zero-order chi connectivity index (χ0) is 38.3. The number of fused-ring (bicyclic) bond motifs is 2. The van der Waals surface area contributed by atoms with Gasteiger partial charge in [0.15, 0.2) is 6.73 Å². The first-order valence-corrected chi connectivity index (χ1v) is 21.8. The molecule has 0 spiro atoms. The Morgan fingerprint density at radius 1 is 0.655 bits per heavy atom. The number of nitrogens with zero attached hydrogens (tertiary/aromatic N) is 4. The molecule has 1 saturated heterocycles. The van der Waals surface area contributed by atoms with Crippen molar-refractivity contribution in [1.29, 1.82) is 0 Å². The second kappa shape index (κ2) is 24.6. The van der Waals surface area contributed by atoms with Crippen LogP contribution in [0.15, 0.2) is 54.6 Å². The Bertz CT molecular complexity index is 1550. The lowest BCUT2D eigenvalue weighted by Crippen LogP contribution is -2.46. The Balaban J connectivity index is 0.890. The van der Waals surface area contributed by atoms with Gasteiger partial charge < -0.3 is 19.1 Å². The average Bonchev–Trinajstić information content (AvgIpc) is 3.21. The smallest absolute Gasteiger partial charge is 0.478 e. The van der Waals surface area contributed by atoms with Gasteiger partial charge in [-0.1, -0.05) is 140 Å². The monoisotopic (exact) mass is 757 g/mol. The van der Waals surface area contributed by atoms with E-state index in [0.717, 1.165) is 70.4 Å². The van der Waals surface area contributed by atoms with Gasteiger partial charge in [0.1, 0.15) is 5.82 Å². The number of carbonyl (C=O) groups is 2. The van der Waals surface area contributed by atoms with Crippen LogP contribution in [0.25, 0.3) is 10.8 Å². The lowest BCUT2D eigenvalue weighted by Gasteiger charge is -2.36. The molecule has 9 nitrogen and oxygen atoms in total. The maximum Gasteiger partial charge on any atom is 0.510 e. The molecule has 0 radical (unpaired) electrons. The molecule has 2 aliphatic rings. The zero-order valence-corrected chi connectivity index (χ0v) is 33.8. The van der Waals surface area contributed by atoms with Crippen LogP contribution in [0.4, 0.5) is 16.3 Å². The number of anilines is 2. The van der Waals surface area contributed by atoms with Crippen LogP contribution in [0.1, 0.15) is 134 Å². The van der Waals surface area contributed by atoms with Crippen molar-refractivity contribution < 1.29 is 23.8 Å². The molecule has 1 aromatic heterocycles. The number of benzene rings is 2. The van der Waals surface area contributed by atoms with Gasteiger partial charge in [0.05, 0.1) is 13.2 Å². The van der Waals surface area contributed by atoms with Crippen molar-refractivity contribution in [1.82, 2.24) is 9.88 Å². The first kappa shape index (κ1) is 42.3. The normalized spacial score (nSPS) is 14.7. The van der Waals surface area contributed by atoms with E-state index in [9.17, 15) is 9.59 Å². The van der Waals surface area contributed by atoms with Crippen molar-refractivity contribution in [3.8, 4) is 5.88 Å². The van der Waals surface area contributed by atoms with Crippen molar-refractivity contribution in [2.45, 2.75) is 135 Å². The summed E-state index contributed by atoms with van der Waals surface area (Å²) in [4.78, 5) is 36.3. The number of aryl methyl sites for hydroxylation is 1. The molecular weight excluding hydrogens is 689 g/mol. The number of rotatable bonds is 26. The standard InChI is InChI=1S/C46H68N4O5/c1-2-3-4-5-6-7-8-9-10-11-12-13-14-15-16-20-37-54-46(52)55-38-50-44(51)30-28-40-27-29-43(47-45(40)50)53-36-21-19-31-48-32-34-49(35-33-48)42-26-22-24-39-23-17-18-25-41(39)42/h17-18,22-27,29H,2-16,19-21,28,30-38H2,1H3. The van der Waals surface area contributed by atoms with Gasteiger partial charge in [-0.25, -0.2) is 4.79 Å². The van der Waals surface area contributed by atoms with Crippen LogP contribution in [0, 0.1) is 0 Å². The summed E-state index contributed by atoms with van der Waals surface area (Å²) in [7, 11) is 0. The van der Waals surface area contributed by atoms with E-state index in [2.05, 4.69) is 64.2 Å². The van der Waals surface area contributed by atoms with Crippen LogP contribution in [0.3, 0.4) is 0 Å². The first-order valence-electron chi connectivity index (χ1n) is 21.8. The van der Waals surface area contributed by atoms with E-state index in [1.54, 1.807) is 0 Å². The Hall–Kier alpha value is -3.85. The van der Waals surface area contributed by atoms with E-state index in [1.807, 2.05) is 12.1 Å². The molecule has 302 valence electrons. The van der Waals surface area contributed by atoms with Gasteiger partial charge in [-0.15, -0.1) is 0 Å². The quantitative estimate of drug-likeness (QED) is 0.0591. The fraction of sp³-hybridized carbons (Fsp3) is 0.630. The van der Waals surface area contributed by atoms with Crippen LogP contribution >= 0.6 is 0 Å². The fourth-order valence-corrected chi connectivity index (χ4v) is 7.87. The van der Waals surface area contributed by atoms with Gasteiger partial charge in [0.25, 0.3) is 0 Å². The topological polar surface area (TPSA) is 84.4 Å². The molecule has 0 aliphatic carbocycles. The van der Waals surface area contributed by atoms with Gasteiger partial charge in [0, 0.05) is 49.7 Å². The molecule has 9 heteroatoms. The van der Waals surface area contributed by atoms with Gasteiger partial charge in [0.2, 0.25) is 11.8 Å². The summed E-state index contributed by atoms with van der Waals surface area (Å²) in [6.07, 6.45) is 22.9. The number of piperazine rings is 1. The molecule has 0 unspecified atom stereocenters. The number of pyridine rings is 1. The van der Waals surface area contributed by atoms with Crippen molar-refractivity contribution in [3.05, 3.63) is 60.2 Å². The molecule has 1 amide bonds. The molecule has 3 aromatic rings. The third-order valence-corrected chi connectivity index (χ3v) is 11.2. The molecule has 0 saturated carbocycles. The van der Waals surface area contributed by atoms with Gasteiger partial charge >= 0.3 is 6.16 Å². The largest absolute Gasteiger partial charge is 0.510 e. The summed E-state index contributed by atoms with van der Waals surface area (Å²) < 4.78 is 16.7. The first-order chi connectivity index (χ1) is 27.1. The van der Waals surface area contributed by atoms with Crippen molar-refractivity contribution in [2.75, 3.05) is 62.5 Å². The van der Waals surface area contributed by atoms with Gasteiger partial charge in [-0.3, -0.25) is 14.6 Å². The highest BCUT2D eigenvalue weighted by Gasteiger charge is 2.27. The third-order valence-electron chi connectivity index (χ3n) is 11.2. The Morgan fingerprint density at radius 3 is 2.00 bits per heavy atom. The summed E-state index contributed by atoms with van der Waals surface area (Å²) in [6.45, 7) is 8.15. The van der Waals surface area contributed by atoms with Crippen molar-refractivity contribution >= 4 is 34.3 Å². The van der Waals surface area contributed by atoms with Crippen LogP contribution in [0.5, 0.6) is 5.88 Å². The lowest BCUT2D eigenvalue weighted by atomic mass is 10.0. The van der Waals surface area contributed by atoms with Crippen molar-refractivity contribution in [2.24, 2.45) is 0 Å². The van der Waals surface area contributed by atoms with E-state index in [1.165, 1.54) is 105 Å². The zero-order valence-electron chi connectivity index (χ0n) is 33.8. The van der Waals surface area contributed by atoms with E-state index in [0.29, 0.717) is 37.8 Å². The predicted octanol–water partition coefficient (Wildman–Crippen LogP) is 10.9. The number of hydrogen-bond donors (Lipinski definition) is 0. The Kier molecular flexibility index (Phi) is 18.9. The van der Waals surface area contributed by atoms with Gasteiger partial charge in [-0.2, -0.15) is 4.98 Å². The van der Waals surface area contributed by atoms with Gasteiger partial charge in [-0.05, 0) is 55.3 Å². The summed E-state index contributed by atoms with van der Waals surface area (Å²) in [5, 5.41) is 2.61. The molecular formula is C46H68N4O5. The highest BCUT2D eigenvalue weighted by Crippen LogP contribution is 2.29. The molecule has 0 atom stereocenters. The molecule has 55 heavy (non-hydrogen) atoms. The summed E-state index contributed by atoms with van der Waals surface area (Å²) in [6, 6.07) is 19.0.